The summed E-state index contributed by atoms with van der Waals surface area (Å²) in [4.78, 5) is 10.6. The van der Waals surface area contributed by atoms with E-state index in [1.807, 2.05) is 0 Å². The Hall–Kier alpha value is -1.77. The molecule has 0 aromatic heterocycles. The molecule has 1 aromatic carbocycles. The van der Waals surface area contributed by atoms with Crippen LogP contribution < -0.4 is 0 Å². The standard InChI is InChI=1S/C10H6F6O3/c11-9(12,13)6-3-1-2-5(4-6)8(19,7(17)18)10(14,15)16/h1-4,19H,(H,17,18). The lowest BCUT2D eigenvalue weighted by molar-refractivity contribution is -0.265. The number of carbonyl (C=O) groups is 1. The van der Waals surface area contributed by atoms with Gasteiger partial charge in [-0.15, -0.1) is 0 Å². The van der Waals surface area contributed by atoms with Crippen molar-refractivity contribution in [1.29, 1.82) is 0 Å². The molecular weight excluding hydrogens is 282 g/mol. The summed E-state index contributed by atoms with van der Waals surface area (Å²) in [6.07, 6.45) is -10.6. The van der Waals surface area contributed by atoms with Crippen LogP contribution in [0.4, 0.5) is 26.3 Å². The van der Waals surface area contributed by atoms with Crippen molar-refractivity contribution in [2.75, 3.05) is 0 Å². The molecule has 1 rings (SSSR count). The van der Waals surface area contributed by atoms with Gasteiger partial charge in [-0.3, -0.25) is 0 Å². The smallest absolute Gasteiger partial charge is 0.432 e. The van der Waals surface area contributed by atoms with E-state index in [0.29, 0.717) is 18.2 Å². The summed E-state index contributed by atoms with van der Waals surface area (Å²) in [7, 11) is 0. The topological polar surface area (TPSA) is 57.5 Å². The maximum atomic E-state index is 12.6. The van der Waals surface area contributed by atoms with Crippen molar-refractivity contribution in [1.82, 2.24) is 0 Å². The summed E-state index contributed by atoms with van der Waals surface area (Å²) >= 11 is 0. The van der Waals surface area contributed by atoms with Gasteiger partial charge in [0, 0.05) is 5.56 Å². The monoisotopic (exact) mass is 288 g/mol. The molecule has 0 bridgehead atoms. The molecule has 1 unspecified atom stereocenters. The predicted molar refractivity (Wildman–Crippen MR) is 49.0 cm³/mol. The van der Waals surface area contributed by atoms with Crippen LogP contribution in [0.25, 0.3) is 0 Å². The molecular formula is C10H6F6O3. The van der Waals surface area contributed by atoms with Gasteiger partial charge < -0.3 is 10.2 Å². The Kier molecular flexibility index (Phi) is 3.55. The zero-order chi connectivity index (χ0) is 15.1. The van der Waals surface area contributed by atoms with Gasteiger partial charge in [0.2, 0.25) is 0 Å². The zero-order valence-corrected chi connectivity index (χ0v) is 8.88. The van der Waals surface area contributed by atoms with Crippen LogP contribution >= 0.6 is 0 Å². The normalized spacial score (nSPS) is 15.9. The number of carboxylic acid groups (broad SMARTS) is 1. The Bertz CT molecular complexity index is 493. The largest absolute Gasteiger partial charge is 0.479 e. The van der Waals surface area contributed by atoms with E-state index in [2.05, 4.69) is 0 Å². The van der Waals surface area contributed by atoms with E-state index in [1.165, 1.54) is 0 Å². The van der Waals surface area contributed by atoms with Crippen molar-refractivity contribution in [2.45, 2.75) is 18.0 Å². The number of hydrogen-bond acceptors (Lipinski definition) is 2. The third-order valence-corrected chi connectivity index (χ3v) is 2.33. The number of aliphatic carboxylic acids is 1. The van der Waals surface area contributed by atoms with Crippen LogP contribution in [0, 0.1) is 0 Å². The first-order chi connectivity index (χ1) is 8.40. The van der Waals surface area contributed by atoms with Crippen LogP contribution in [0.1, 0.15) is 11.1 Å². The van der Waals surface area contributed by atoms with Gasteiger partial charge in [0.05, 0.1) is 5.56 Å². The van der Waals surface area contributed by atoms with Crippen molar-refractivity contribution in [3.8, 4) is 0 Å². The van der Waals surface area contributed by atoms with E-state index in [4.69, 9.17) is 5.11 Å². The molecule has 19 heavy (non-hydrogen) atoms. The number of halogens is 6. The van der Waals surface area contributed by atoms with Gasteiger partial charge in [0.25, 0.3) is 5.60 Å². The highest BCUT2D eigenvalue weighted by molar-refractivity contribution is 5.80. The molecule has 0 radical (unpaired) electrons. The fraction of sp³-hybridized carbons (Fsp3) is 0.300. The van der Waals surface area contributed by atoms with Gasteiger partial charge >= 0.3 is 18.3 Å². The lowest BCUT2D eigenvalue weighted by atomic mass is 9.92. The minimum atomic E-state index is -5.66. The summed E-state index contributed by atoms with van der Waals surface area (Å²) in [6.45, 7) is 0. The number of aliphatic hydroxyl groups is 1. The minimum absolute atomic E-state index is 0.0540. The average Bonchev–Trinajstić information content (AvgIpc) is 2.25. The summed E-state index contributed by atoms with van der Waals surface area (Å²) in [6, 6.07) is 1.44. The van der Waals surface area contributed by atoms with E-state index in [9.17, 15) is 36.2 Å². The molecule has 1 aromatic rings. The first-order valence-corrected chi connectivity index (χ1v) is 4.61. The molecule has 0 amide bonds. The van der Waals surface area contributed by atoms with Crippen LogP contribution in [0.3, 0.4) is 0 Å². The Morgan fingerprint density at radius 2 is 1.47 bits per heavy atom. The Morgan fingerprint density at radius 3 is 1.84 bits per heavy atom. The van der Waals surface area contributed by atoms with Crippen molar-refractivity contribution in [2.24, 2.45) is 0 Å². The molecule has 0 aliphatic heterocycles. The summed E-state index contributed by atoms with van der Waals surface area (Å²) in [5.74, 6) is -2.71. The first-order valence-electron chi connectivity index (χ1n) is 4.61. The van der Waals surface area contributed by atoms with Gasteiger partial charge in [-0.05, 0) is 12.1 Å². The van der Waals surface area contributed by atoms with Crippen molar-refractivity contribution in [3.63, 3.8) is 0 Å². The van der Waals surface area contributed by atoms with Crippen LogP contribution in [-0.4, -0.2) is 22.4 Å². The summed E-state index contributed by atoms with van der Waals surface area (Å²) in [5, 5.41) is 17.7. The number of hydrogen-bond donors (Lipinski definition) is 2. The number of rotatable bonds is 2. The van der Waals surface area contributed by atoms with Gasteiger partial charge in [-0.1, -0.05) is 12.1 Å². The fourth-order valence-corrected chi connectivity index (χ4v) is 1.33. The molecule has 0 fully saturated rings. The zero-order valence-electron chi connectivity index (χ0n) is 8.88. The van der Waals surface area contributed by atoms with E-state index < -0.39 is 35.0 Å². The van der Waals surface area contributed by atoms with E-state index in [1.54, 1.807) is 0 Å². The molecule has 0 aliphatic carbocycles. The van der Waals surface area contributed by atoms with E-state index in [-0.39, 0.29) is 6.07 Å². The molecule has 0 saturated heterocycles. The molecule has 9 heteroatoms. The molecule has 2 N–H and O–H groups in total. The van der Waals surface area contributed by atoms with Gasteiger partial charge in [-0.2, -0.15) is 26.3 Å². The molecule has 106 valence electrons. The highest BCUT2D eigenvalue weighted by Crippen LogP contribution is 2.41. The Balaban J connectivity index is 3.47. The van der Waals surface area contributed by atoms with Crippen LogP contribution in [0.2, 0.25) is 0 Å². The number of carboxylic acids is 1. The molecule has 0 spiro atoms. The molecule has 1 atom stereocenters. The highest BCUT2D eigenvalue weighted by Gasteiger charge is 2.61. The number of benzene rings is 1. The fourth-order valence-electron chi connectivity index (χ4n) is 1.33. The van der Waals surface area contributed by atoms with Crippen LogP contribution in [-0.2, 0) is 16.6 Å². The highest BCUT2D eigenvalue weighted by atomic mass is 19.4. The summed E-state index contributed by atoms with van der Waals surface area (Å²) < 4.78 is 74.7. The molecule has 0 aliphatic rings. The quantitative estimate of drug-likeness (QED) is 0.822. The second-order valence-corrected chi connectivity index (χ2v) is 3.59. The van der Waals surface area contributed by atoms with Crippen molar-refractivity contribution < 1.29 is 41.4 Å². The second-order valence-electron chi connectivity index (χ2n) is 3.59. The Labute approximate surface area is 102 Å². The van der Waals surface area contributed by atoms with Crippen molar-refractivity contribution in [3.05, 3.63) is 35.4 Å². The number of alkyl halides is 6. The Morgan fingerprint density at radius 1 is 1.00 bits per heavy atom. The van der Waals surface area contributed by atoms with E-state index >= 15 is 0 Å². The average molecular weight is 288 g/mol. The van der Waals surface area contributed by atoms with Gasteiger partial charge in [0.15, 0.2) is 0 Å². The van der Waals surface area contributed by atoms with E-state index in [0.717, 1.165) is 0 Å². The lowest BCUT2D eigenvalue weighted by Gasteiger charge is -2.26. The maximum absolute atomic E-state index is 12.6. The second kappa shape index (κ2) is 4.41. The third kappa shape index (κ3) is 2.65. The third-order valence-electron chi connectivity index (χ3n) is 2.33. The first kappa shape index (κ1) is 15.3. The molecule has 3 nitrogen and oxygen atoms in total. The van der Waals surface area contributed by atoms with Gasteiger partial charge in [-0.25, -0.2) is 4.79 Å². The van der Waals surface area contributed by atoms with Crippen LogP contribution in [0.15, 0.2) is 24.3 Å². The van der Waals surface area contributed by atoms with Crippen LogP contribution in [0.5, 0.6) is 0 Å². The van der Waals surface area contributed by atoms with Crippen molar-refractivity contribution >= 4 is 5.97 Å². The lowest BCUT2D eigenvalue weighted by Crippen LogP contribution is -2.49. The predicted octanol–water partition coefficient (Wildman–Crippen LogP) is 2.54. The molecule has 0 heterocycles. The maximum Gasteiger partial charge on any atom is 0.432 e. The molecule has 0 saturated carbocycles. The minimum Gasteiger partial charge on any atom is -0.479 e. The summed E-state index contributed by atoms with van der Waals surface area (Å²) in [5.41, 5.74) is -7.30. The van der Waals surface area contributed by atoms with Gasteiger partial charge in [0.1, 0.15) is 0 Å². The SMILES string of the molecule is O=C(O)C(O)(c1cccc(C(F)(F)F)c1)C(F)(F)F.